The molecule has 3 aliphatic rings. The molecule has 2 aliphatic carbocycles. The van der Waals surface area contributed by atoms with Crippen molar-refractivity contribution < 1.29 is 32.6 Å². The van der Waals surface area contributed by atoms with Gasteiger partial charge >= 0.3 is 5.97 Å². The standard InChI is InChI=1S/C37H62O7Si2/c1-14-28-32-31(29-20-30(35(38)39-11)37(29,43-32)22-42-45(12,13)36(8,9)10)34(41-23-40-21-27-18-16-15-17-19-27)33(28)44-46(24(2)3,25(4)5)26(6)7/h14-19,24-26,28-34H,1,20-23H2,2-13H3/t28-,29+,30?,31+,32+,33+,34+,37-/m0/s1. The van der Waals surface area contributed by atoms with Gasteiger partial charge in [0.2, 0.25) is 8.32 Å². The third-order valence-electron chi connectivity index (χ3n) is 12.1. The molecule has 0 amide bonds. The molecular weight excluding hydrogens is 613 g/mol. The van der Waals surface area contributed by atoms with Crippen LogP contribution in [0, 0.1) is 23.7 Å². The molecule has 7 nitrogen and oxygen atoms in total. The Morgan fingerprint density at radius 3 is 2.17 bits per heavy atom. The Bertz CT molecular complexity index is 1160. The van der Waals surface area contributed by atoms with Crippen molar-refractivity contribution in [2.75, 3.05) is 20.5 Å². The fourth-order valence-electron chi connectivity index (χ4n) is 8.65. The van der Waals surface area contributed by atoms with Gasteiger partial charge in [0, 0.05) is 11.8 Å². The molecule has 9 heteroatoms. The normalized spacial score (nSPS) is 31.2. The minimum atomic E-state index is -2.30. The van der Waals surface area contributed by atoms with Crippen LogP contribution in [0.15, 0.2) is 43.0 Å². The summed E-state index contributed by atoms with van der Waals surface area (Å²) in [5, 5.41) is 0.0287. The van der Waals surface area contributed by atoms with Gasteiger partial charge in [0.25, 0.3) is 0 Å². The molecule has 46 heavy (non-hydrogen) atoms. The third kappa shape index (κ3) is 6.63. The lowest BCUT2D eigenvalue weighted by atomic mass is 9.57. The van der Waals surface area contributed by atoms with E-state index in [1.165, 1.54) is 7.11 Å². The van der Waals surface area contributed by atoms with E-state index in [9.17, 15) is 4.79 Å². The van der Waals surface area contributed by atoms with Gasteiger partial charge in [0.15, 0.2) is 8.32 Å². The highest BCUT2D eigenvalue weighted by molar-refractivity contribution is 6.77. The van der Waals surface area contributed by atoms with E-state index >= 15 is 0 Å². The second-order valence-corrected chi connectivity index (χ2v) is 26.6. The van der Waals surface area contributed by atoms with Crippen LogP contribution < -0.4 is 0 Å². The molecule has 0 bridgehead atoms. The van der Waals surface area contributed by atoms with Crippen LogP contribution in [0.25, 0.3) is 0 Å². The van der Waals surface area contributed by atoms with Gasteiger partial charge in [-0.15, -0.1) is 6.58 Å². The second-order valence-electron chi connectivity index (χ2n) is 16.4. The largest absolute Gasteiger partial charge is 0.469 e. The molecule has 1 aromatic carbocycles. The van der Waals surface area contributed by atoms with Gasteiger partial charge in [0.05, 0.1) is 44.6 Å². The molecule has 1 heterocycles. The number of ether oxygens (including phenoxy) is 4. The first-order valence-corrected chi connectivity index (χ1v) is 22.5. The molecule has 3 fully saturated rings. The molecule has 260 valence electrons. The fourth-order valence-corrected chi connectivity index (χ4v) is 15.3. The van der Waals surface area contributed by atoms with E-state index in [0.717, 1.165) is 5.56 Å². The Labute approximate surface area is 281 Å². The average Bonchev–Trinajstić information content (AvgIpc) is 3.38. The summed E-state index contributed by atoms with van der Waals surface area (Å²) in [7, 11) is -2.96. The molecule has 4 rings (SSSR count). The molecule has 0 radical (unpaired) electrons. The maximum absolute atomic E-state index is 13.2. The van der Waals surface area contributed by atoms with E-state index in [-0.39, 0.29) is 59.8 Å². The van der Waals surface area contributed by atoms with Gasteiger partial charge in [-0.2, -0.15) is 0 Å². The first kappa shape index (κ1) is 37.5. The van der Waals surface area contributed by atoms with Crippen molar-refractivity contribution in [3.63, 3.8) is 0 Å². The van der Waals surface area contributed by atoms with E-state index in [0.29, 0.717) is 36.3 Å². The minimum absolute atomic E-state index is 0.00966. The van der Waals surface area contributed by atoms with E-state index in [4.69, 9.17) is 27.8 Å². The van der Waals surface area contributed by atoms with Crippen molar-refractivity contribution in [3.8, 4) is 0 Å². The molecule has 2 saturated carbocycles. The van der Waals surface area contributed by atoms with Crippen LogP contribution in [-0.4, -0.2) is 67.0 Å². The molecule has 1 saturated heterocycles. The van der Waals surface area contributed by atoms with Crippen molar-refractivity contribution in [2.24, 2.45) is 23.7 Å². The smallest absolute Gasteiger partial charge is 0.311 e. The molecule has 0 spiro atoms. The highest BCUT2D eigenvalue weighted by atomic mass is 28.4. The number of carbonyl (C=O) groups is 1. The van der Waals surface area contributed by atoms with Crippen LogP contribution in [0.5, 0.6) is 0 Å². The second kappa shape index (κ2) is 14.3. The lowest BCUT2D eigenvalue weighted by molar-refractivity contribution is -0.209. The Hall–Kier alpha value is -1.34. The van der Waals surface area contributed by atoms with Crippen LogP contribution in [0.1, 0.15) is 74.3 Å². The first-order valence-electron chi connectivity index (χ1n) is 17.4. The fraction of sp³-hybridized carbons (Fsp3) is 0.757. The Morgan fingerprint density at radius 2 is 1.65 bits per heavy atom. The summed E-state index contributed by atoms with van der Waals surface area (Å²) < 4.78 is 39.8. The molecular formula is C37H62O7Si2. The minimum Gasteiger partial charge on any atom is -0.469 e. The molecule has 1 aliphatic heterocycles. The lowest BCUT2D eigenvalue weighted by Crippen LogP contribution is -2.64. The Morgan fingerprint density at radius 1 is 1.04 bits per heavy atom. The zero-order valence-corrected chi connectivity index (χ0v) is 32.6. The van der Waals surface area contributed by atoms with Crippen molar-refractivity contribution in [2.45, 2.75) is 134 Å². The van der Waals surface area contributed by atoms with E-state index in [1.807, 2.05) is 24.3 Å². The zero-order valence-electron chi connectivity index (χ0n) is 30.6. The number of hydrogen-bond donors (Lipinski definition) is 0. The van der Waals surface area contributed by atoms with Gasteiger partial charge in [-0.1, -0.05) is 98.7 Å². The van der Waals surface area contributed by atoms with Crippen LogP contribution in [0.2, 0.25) is 34.8 Å². The summed E-state index contributed by atoms with van der Waals surface area (Å²) in [5.74, 6) is -0.633. The topological polar surface area (TPSA) is 72.5 Å². The Kier molecular flexibility index (Phi) is 11.6. The molecule has 0 aromatic heterocycles. The van der Waals surface area contributed by atoms with Crippen LogP contribution >= 0.6 is 0 Å². The monoisotopic (exact) mass is 674 g/mol. The summed E-state index contributed by atoms with van der Waals surface area (Å²) in [6.45, 7) is 30.4. The maximum Gasteiger partial charge on any atom is 0.311 e. The summed E-state index contributed by atoms with van der Waals surface area (Å²) in [6, 6.07) is 10.2. The number of methoxy groups -OCH3 is 1. The summed E-state index contributed by atoms with van der Waals surface area (Å²) in [6.07, 6.45) is 1.99. The highest BCUT2D eigenvalue weighted by Crippen LogP contribution is 2.64. The van der Waals surface area contributed by atoms with E-state index in [1.54, 1.807) is 0 Å². The number of rotatable bonds is 15. The summed E-state index contributed by atoms with van der Waals surface area (Å²) >= 11 is 0. The predicted molar refractivity (Wildman–Crippen MR) is 188 cm³/mol. The highest BCUT2D eigenvalue weighted by Gasteiger charge is 2.74. The van der Waals surface area contributed by atoms with Crippen molar-refractivity contribution in [1.82, 2.24) is 0 Å². The molecule has 1 unspecified atom stereocenters. The quantitative estimate of drug-likeness (QED) is 0.0607. The number of fused-ring (bicyclic) bond motifs is 3. The molecule has 8 atom stereocenters. The maximum atomic E-state index is 13.2. The Balaban J connectivity index is 1.70. The number of carbonyl (C=O) groups excluding carboxylic acids is 1. The van der Waals surface area contributed by atoms with E-state index in [2.05, 4.69) is 94.1 Å². The first-order chi connectivity index (χ1) is 21.5. The summed E-state index contributed by atoms with van der Waals surface area (Å²) in [4.78, 5) is 13.2. The van der Waals surface area contributed by atoms with Gasteiger partial charge in [-0.25, -0.2) is 0 Å². The van der Waals surface area contributed by atoms with Crippen LogP contribution in [0.4, 0.5) is 0 Å². The van der Waals surface area contributed by atoms with Gasteiger partial charge < -0.3 is 27.8 Å². The number of hydrogen-bond acceptors (Lipinski definition) is 7. The van der Waals surface area contributed by atoms with Crippen LogP contribution in [0.3, 0.4) is 0 Å². The zero-order chi connectivity index (χ0) is 34.2. The SMILES string of the molecule is C=C[C@@H]1[C@@H](O[Si](C(C)C)(C(C)C)C(C)C)[C@H](OCOCc2ccccc2)[C@H]2[C@@H]1O[C@]1(CO[Si](C)(C)C(C)(C)C)C(C(=O)OC)C[C@H]21. The molecule has 0 N–H and O–H groups in total. The third-order valence-corrected chi connectivity index (χ3v) is 22.7. The van der Waals surface area contributed by atoms with Gasteiger partial charge in [-0.3, -0.25) is 4.79 Å². The van der Waals surface area contributed by atoms with Crippen molar-refractivity contribution in [3.05, 3.63) is 48.6 Å². The lowest BCUT2D eigenvalue weighted by Gasteiger charge is -2.53. The van der Waals surface area contributed by atoms with Gasteiger partial charge in [0.1, 0.15) is 12.4 Å². The van der Waals surface area contributed by atoms with Crippen molar-refractivity contribution >= 4 is 22.6 Å². The number of esters is 1. The number of benzene rings is 1. The average molecular weight is 675 g/mol. The predicted octanol–water partition coefficient (Wildman–Crippen LogP) is 8.51. The van der Waals surface area contributed by atoms with Gasteiger partial charge in [-0.05, 0) is 52.7 Å². The summed E-state index contributed by atoms with van der Waals surface area (Å²) in [5.41, 5.74) is 1.58. The van der Waals surface area contributed by atoms with Crippen molar-refractivity contribution in [1.29, 1.82) is 0 Å². The van der Waals surface area contributed by atoms with Crippen LogP contribution in [-0.2, 0) is 39.2 Å². The molecule has 1 aromatic rings. The van der Waals surface area contributed by atoms with E-state index < -0.39 is 22.2 Å².